The second-order valence-electron chi connectivity index (χ2n) is 8.37. The lowest BCUT2D eigenvalue weighted by Crippen LogP contribution is -2.47. The van der Waals surface area contributed by atoms with Crippen LogP contribution in [-0.4, -0.2) is 50.1 Å². The molecule has 3 aromatic rings. The van der Waals surface area contributed by atoms with Gasteiger partial charge < -0.3 is 24.4 Å². The number of amides is 2. The molecule has 0 saturated carbocycles. The molecule has 1 aliphatic rings. The molecular formula is C28H30N2O5. The van der Waals surface area contributed by atoms with Gasteiger partial charge in [0, 0.05) is 37.6 Å². The first-order valence-corrected chi connectivity index (χ1v) is 11.7. The molecule has 1 N–H and O–H groups in total. The van der Waals surface area contributed by atoms with Crippen LogP contribution in [0.1, 0.15) is 34.8 Å². The Labute approximate surface area is 205 Å². The van der Waals surface area contributed by atoms with Crippen molar-refractivity contribution in [2.75, 3.05) is 27.3 Å². The number of hydrogen-bond donors (Lipinski definition) is 1. The molecule has 1 fully saturated rings. The molecule has 1 aliphatic heterocycles. The van der Waals surface area contributed by atoms with E-state index in [2.05, 4.69) is 5.32 Å². The third-order valence-electron chi connectivity index (χ3n) is 6.11. The number of hydrogen-bond acceptors (Lipinski definition) is 5. The van der Waals surface area contributed by atoms with E-state index in [4.69, 9.17) is 14.2 Å². The van der Waals surface area contributed by atoms with Gasteiger partial charge in [0.15, 0.2) is 0 Å². The number of benzene rings is 3. The molecule has 0 spiro atoms. The number of carbonyl (C=O) groups excluding carboxylic acids is 2. The molecule has 1 atom stereocenters. The number of methoxy groups -OCH3 is 2. The maximum Gasteiger partial charge on any atom is 0.252 e. The molecule has 0 unspecified atom stereocenters. The number of rotatable bonds is 8. The Morgan fingerprint density at radius 2 is 1.49 bits per heavy atom. The molecule has 7 nitrogen and oxygen atoms in total. The average Bonchev–Trinajstić information content (AvgIpc) is 2.92. The summed E-state index contributed by atoms with van der Waals surface area (Å²) in [6.07, 6.45) is 1.42. The minimum absolute atomic E-state index is 0.00946. The van der Waals surface area contributed by atoms with Crippen molar-refractivity contribution >= 4 is 11.8 Å². The van der Waals surface area contributed by atoms with Crippen LogP contribution in [0.25, 0.3) is 0 Å². The highest BCUT2D eigenvalue weighted by atomic mass is 16.5. The van der Waals surface area contributed by atoms with Gasteiger partial charge in [0.25, 0.3) is 5.91 Å². The largest absolute Gasteiger partial charge is 0.497 e. The molecule has 0 aliphatic carbocycles. The fourth-order valence-electron chi connectivity index (χ4n) is 4.13. The second-order valence-corrected chi connectivity index (χ2v) is 8.37. The van der Waals surface area contributed by atoms with Crippen LogP contribution in [0.3, 0.4) is 0 Å². The summed E-state index contributed by atoms with van der Waals surface area (Å²) in [7, 11) is 3.20. The van der Waals surface area contributed by atoms with Crippen LogP contribution < -0.4 is 19.5 Å². The van der Waals surface area contributed by atoms with E-state index < -0.39 is 6.04 Å². The highest BCUT2D eigenvalue weighted by Gasteiger charge is 2.31. The SMILES string of the molecule is COc1ccc(C(=O)N[C@@H](C(=O)N2CCC(Oc3cccc(OC)c3)CC2)c2ccccc2)cc1. The van der Waals surface area contributed by atoms with Crippen LogP contribution in [0.15, 0.2) is 78.9 Å². The minimum Gasteiger partial charge on any atom is -0.497 e. The lowest BCUT2D eigenvalue weighted by Gasteiger charge is -2.34. The Balaban J connectivity index is 1.42. The van der Waals surface area contributed by atoms with E-state index in [1.807, 2.05) is 54.6 Å². The van der Waals surface area contributed by atoms with Crippen molar-refractivity contribution in [1.82, 2.24) is 10.2 Å². The normalized spacial score (nSPS) is 14.6. The van der Waals surface area contributed by atoms with Crippen molar-refractivity contribution in [3.63, 3.8) is 0 Å². The van der Waals surface area contributed by atoms with E-state index in [9.17, 15) is 9.59 Å². The summed E-state index contributed by atoms with van der Waals surface area (Å²) in [6.45, 7) is 1.10. The zero-order valence-electron chi connectivity index (χ0n) is 20.0. The van der Waals surface area contributed by atoms with Crippen molar-refractivity contribution in [2.24, 2.45) is 0 Å². The number of likely N-dealkylation sites (tertiary alicyclic amines) is 1. The van der Waals surface area contributed by atoms with Crippen molar-refractivity contribution in [3.8, 4) is 17.2 Å². The molecule has 7 heteroatoms. The number of nitrogens with one attached hydrogen (secondary N) is 1. The Morgan fingerprint density at radius 3 is 2.14 bits per heavy atom. The Bertz CT molecular complexity index is 1130. The first kappa shape index (κ1) is 24.1. The Morgan fingerprint density at radius 1 is 0.829 bits per heavy atom. The van der Waals surface area contributed by atoms with Gasteiger partial charge in [-0.1, -0.05) is 36.4 Å². The zero-order chi connectivity index (χ0) is 24.6. The van der Waals surface area contributed by atoms with E-state index in [1.165, 1.54) is 0 Å². The predicted molar refractivity (Wildman–Crippen MR) is 133 cm³/mol. The molecular weight excluding hydrogens is 444 g/mol. The molecule has 35 heavy (non-hydrogen) atoms. The Kier molecular flexibility index (Phi) is 7.88. The lowest BCUT2D eigenvalue weighted by molar-refractivity contribution is -0.135. The topological polar surface area (TPSA) is 77.1 Å². The summed E-state index contributed by atoms with van der Waals surface area (Å²) in [5.41, 5.74) is 1.21. The molecule has 1 saturated heterocycles. The summed E-state index contributed by atoms with van der Waals surface area (Å²) in [5.74, 6) is 1.72. The summed E-state index contributed by atoms with van der Waals surface area (Å²) < 4.78 is 16.5. The van der Waals surface area contributed by atoms with E-state index in [0.29, 0.717) is 37.2 Å². The maximum absolute atomic E-state index is 13.5. The zero-order valence-corrected chi connectivity index (χ0v) is 20.0. The monoisotopic (exact) mass is 474 g/mol. The highest BCUT2D eigenvalue weighted by Crippen LogP contribution is 2.25. The molecule has 0 aromatic heterocycles. The summed E-state index contributed by atoms with van der Waals surface area (Å²) in [6, 6.07) is 22.9. The molecule has 4 rings (SSSR count). The summed E-state index contributed by atoms with van der Waals surface area (Å²) >= 11 is 0. The van der Waals surface area contributed by atoms with Crippen molar-refractivity contribution in [3.05, 3.63) is 90.0 Å². The van der Waals surface area contributed by atoms with Gasteiger partial charge in [0.2, 0.25) is 5.91 Å². The number of piperidine rings is 1. The smallest absolute Gasteiger partial charge is 0.252 e. The van der Waals surface area contributed by atoms with Crippen LogP contribution in [0, 0.1) is 0 Å². The molecule has 2 amide bonds. The maximum atomic E-state index is 13.5. The predicted octanol–water partition coefficient (Wildman–Crippen LogP) is 4.24. The Hall–Kier alpha value is -4.00. The second kappa shape index (κ2) is 11.4. The van der Waals surface area contributed by atoms with Crippen LogP contribution in [-0.2, 0) is 4.79 Å². The van der Waals surface area contributed by atoms with Gasteiger partial charge in [-0.2, -0.15) is 0 Å². The average molecular weight is 475 g/mol. The quantitative estimate of drug-likeness (QED) is 0.528. The van der Waals surface area contributed by atoms with Gasteiger partial charge in [-0.15, -0.1) is 0 Å². The molecule has 0 radical (unpaired) electrons. The number of ether oxygens (including phenoxy) is 3. The third kappa shape index (κ3) is 6.12. The van der Waals surface area contributed by atoms with Gasteiger partial charge in [-0.3, -0.25) is 9.59 Å². The van der Waals surface area contributed by atoms with Gasteiger partial charge in [0.1, 0.15) is 29.4 Å². The number of nitrogens with zero attached hydrogens (tertiary/aromatic N) is 1. The summed E-state index contributed by atoms with van der Waals surface area (Å²) in [5, 5.41) is 2.93. The van der Waals surface area contributed by atoms with Crippen LogP contribution in [0.4, 0.5) is 0 Å². The molecule has 0 bridgehead atoms. The third-order valence-corrected chi connectivity index (χ3v) is 6.11. The van der Waals surface area contributed by atoms with E-state index in [1.54, 1.807) is 43.4 Å². The van der Waals surface area contributed by atoms with Crippen molar-refractivity contribution in [2.45, 2.75) is 25.0 Å². The summed E-state index contributed by atoms with van der Waals surface area (Å²) in [4.78, 5) is 28.3. The van der Waals surface area contributed by atoms with Gasteiger partial charge in [-0.05, 0) is 42.0 Å². The molecule has 3 aromatic carbocycles. The highest BCUT2D eigenvalue weighted by molar-refractivity contribution is 5.98. The van der Waals surface area contributed by atoms with Gasteiger partial charge in [-0.25, -0.2) is 0 Å². The first-order valence-electron chi connectivity index (χ1n) is 11.7. The van der Waals surface area contributed by atoms with Gasteiger partial charge >= 0.3 is 0 Å². The first-order chi connectivity index (χ1) is 17.1. The van der Waals surface area contributed by atoms with E-state index in [0.717, 1.165) is 17.1 Å². The van der Waals surface area contributed by atoms with E-state index in [-0.39, 0.29) is 17.9 Å². The fraction of sp³-hybridized carbons (Fsp3) is 0.286. The standard InChI is InChI=1S/C28H30N2O5/c1-33-22-13-11-21(12-14-22)27(31)29-26(20-7-4-3-5-8-20)28(32)30-17-15-23(16-18-30)35-25-10-6-9-24(19-25)34-2/h3-14,19,23,26H,15-18H2,1-2H3,(H,29,31)/t26-/m1/s1. The minimum atomic E-state index is -0.776. The fourth-order valence-corrected chi connectivity index (χ4v) is 4.13. The lowest BCUT2D eigenvalue weighted by atomic mass is 10.0. The number of carbonyl (C=O) groups is 2. The van der Waals surface area contributed by atoms with Crippen LogP contribution >= 0.6 is 0 Å². The molecule has 1 heterocycles. The van der Waals surface area contributed by atoms with Gasteiger partial charge in [0.05, 0.1) is 14.2 Å². The molecule has 182 valence electrons. The van der Waals surface area contributed by atoms with Crippen molar-refractivity contribution in [1.29, 1.82) is 0 Å². The van der Waals surface area contributed by atoms with Crippen LogP contribution in [0.5, 0.6) is 17.2 Å². The van der Waals surface area contributed by atoms with Crippen molar-refractivity contribution < 1.29 is 23.8 Å². The van der Waals surface area contributed by atoms with Crippen LogP contribution in [0.2, 0.25) is 0 Å². The van der Waals surface area contributed by atoms with E-state index >= 15 is 0 Å².